The molecular weight excluding hydrogens is 671 g/mol. The van der Waals surface area contributed by atoms with Crippen LogP contribution < -0.4 is 0 Å². The standard InChI is InChI=1S/C50H29N5/c1-52-42-21-12-26-47(49(42)32-13-10-15-34(29-32)54-45-24-8-5-19-39(45)41-20-11-14-33(31-51)50(41)54)55-46-25-9-4-18-38(46)40-28-27-35(30-48(40)55)53-43-22-6-2-16-36(43)37-17-3-7-23-44(37)53/h2-30H. The SMILES string of the molecule is [C-]#[N+]c1cccc(-n2c3ccccc3c3ccc(-n4c5ccccc5c5ccccc54)cc32)c1-c1cccc(-n2c3ccccc3c3cccc(C#N)c32)c1. The minimum atomic E-state index is 0.569. The maximum atomic E-state index is 10.2. The first kappa shape index (κ1) is 30.7. The molecule has 5 nitrogen and oxygen atoms in total. The molecule has 254 valence electrons. The van der Waals surface area contributed by atoms with E-state index in [1.807, 2.05) is 36.4 Å². The third-order valence-electron chi connectivity index (χ3n) is 11.1. The van der Waals surface area contributed by atoms with Gasteiger partial charge in [0.2, 0.25) is 0 Å². The van der Waals surface area contributed by atoms with E-state index >= 15 is 0 Å². The van der Waals surface area contributed by atoms with Gasteiger partial charge in [0.15, 0.2) is 5.69 Å². The van der Waals surface area contributed by atoms with Gasteiger partial charge in [-0.3, -0.25) is 0 Å². The van der Waals surface area contributed by atoms with Crippen LogP contribution in [-0.4, -0.2) is 13.7 Å². The second-order valence-corrected chi connectivity index (χ2v) is 13.9. The summed E-state index contributed by atoms with van der Waals surface area (Å²) in [7, 11) is 0. The smallest absolute Gasteiger partial charge is 0.196 e. The number of nitrogens with zero attached hydrogens (tertiary/aromatic N) is 5. The second kappa shape index (κ2) is 11.8. The van der Waals surface area contributed by atoms with Crippen molar-refractivity contribution in [3.05, 3.63) is 193 Å². The molecule has 0 saturated carbocycles. The highest BCUT2D eigenvalue weighted by Crippen LogP contribution is 2.43. The van der Waals surface area contributed by atoms with Gasteiger partial charge in [-0.15, -0.1) is 0 Å². The predicted molar refractivity (Wildman–Crippen MR) is 226 cm³/mol. The zero-order valence-corrected chi connectivity index (χ0v) is 29.5. The van der Waals surface area contributed by atoms with E-state index in [0.29, 0.717) is 11.3 Å². The Bertz CT molecular complexity index is 3420. The highest BCUT2D eigenvalue weighted by atomic mass is 15.0. The number of hydrogen-bond donors (Lipinski definition) is 0. The van der Waals surface area contributed by atoms with E-state index < -0.39 is 0 Å². The quantitative estimate of drug-likeness (QED) is 0.169. The van der Waals surface area contributed by atoms with Gasteiger partial charge in [0.05, 0.1) is 45.2 Å². The van der Waals surface area contributed by atoms with Crippen molar-refractivity contribution in [2.75, 3.05) is 0 Å². The first-order valence-electron chi connectivity index (χ1n) is 18.3. The Kier molecular flexibility index (Phi) is 6.61. The maximum Gasteiger partial charge on any atom is 0.196 e. The summed E-state index contributed by atoms with van der Waals surface area (Å²) in [6.45, 7) is 8.40. The Labute approximate surface area is 316 Å². The van der Waals surface area contributed by atoms with Crippen molar-refractivity contribution in [3.8, 4) is 34.3 Å². The molecule has 0 unspecified atom stereocenters. The average molecular weight is 700 g/mol. The summed E-state index contributed by atoms with van der Waals surface area (Å²) in [5, 5.41) is 17.1. The second-order valence-electron chi connectivity index (χ2n) is 13.9. The molecule has 8 aromatic carbocycles. The van der Waals surface area contributed by atoms with Crippen LogP contribution in [0.25, 0.3) is 98.5 Å². The highest BCUT2D eigenvalue weighted by molar-refractivity contribution is 6.13. The van der Waals surface area contributed by atoms with Crippen molar-refractivity contribution in [3.63, 3.8) is 0 Å². The molecule has 0 amide bonds. The van der Waals surface area contributed by atoms with Gasteiger partial charge in [0.1, 0.15) is 6.07 Å². The third-order valence-corrected chi connectivity index (χ3v) is 11.1. The minimum Gasteiger partial charge on any atom is -0.310 e. The summed E-state index contributed by atoms with van der Waals surface area (Å²) in [4.78, 5) is 4.11. The molecular formula is C50H29N5. The number of rotatable bonds is 4. The number of para-hydroxylation sites is 5. The Balaban J connectivity index is 1.19. The van der Waals surface area contributed by atoms with E-state index in [-0.39, 0.29) is 0 Å². The number of nitriles is 1. The van der Waals surface area contributed by atoms with Gasteiger partial charge in [-0.25, -0.2) is 4.85 Å². The molecule has 0 aliphatic rings. The first-order valence-corrected chi connectivity index (χ1v) is 18.3. The molecule has 0 spiro atoms. The fourth-order valence-electron chi connectivity index (χ4n) is 8.84. The molecule has 3 aromatic heterocycles. The van der Waals surface area contributed by atoms with Gasteiger partial charge >= 0.3 is 0 Å². The Morgan fingerprint density at radius 3 is 1.62 bits per heavy atom. The molecule has 0 bridgehead atoms. The van der Waals surface area contributed by atoms with E-state index in [2.05, 4.69) is 164 Å². The van der Waals surface area contributed by atoms with E-state index in [0.717, 1.165) is 82.8 Å². The van der Waals surface area contributed by atoms with Gasteiger partial charge < -0.3 is 13.7 Å². The zero-order valence-electron chi connectivity index (χ0n) is 29.5. The molecule has 55 heavy (non-hydrogen) atoms. The molecule has 11 rings (SSSR count). The largest absolute Gasteiger partial charge is 0.310 e. The fourth-order valence-corrected chi connectivity index (χ4v) is 8.84. The van der Waals surface area contributed by atoms with Crippen molar-refractivity contribution in [2.45, 2.75) is 0 Å². The van der Waals surface area contributed by atoms with Crippen LogP contribution in [0.5, 0.6) is 0 Å². The maximum absolute atomic E-state index is 10.2. The molecule has 11 aromatic rings. The summed E-state index contributed by atoms with van der Waals surface area (Å²) in [5.74, 6) is 0. The van der Waals surface area contributed by atoms with Crippen molar-refractivity contribution < 1.29 is 0 Å². The van der Waals surface area contributed by atoms with Crippen LogP contribution >= 0.6 is 0 Å². The normalized spacial score (nSPS) is 11.6. The van der Waals surface area contributed by atoms with Crippen LogP contribution in [0.2, 0.25) is 0 Å². The van der Waals surface area contributed by atoms with Gasteiger partial charge in [-0.2, -0.15) is 5.26 Å². The topological polar surface area (TPSA) is 42.9 Å². The Morgan fingerprint density at radius 2 is 0.964 bits per heavy atom. The van der Waals surface area contributed by atoms with Crippen molar-refractivity contribution in [1.29, 1.82) is 5.26 Å². The van der Waals surface area contributed by atoms with Crippen molar-refractivity contribution >= 4 is 71.1 Å². The molecule has 0 aliphatic heterocycles. The summed E-state index contributed by atoms with van der Waals surface area (Å²) in [6.07, 6.45) is 0. The lowest BCUT2D eigenvalue weighted by atomic mass is 10.00. The monoisotopic (exact) mass is 699 g/mol. The molecule has 0 saturated heterocycles. The predicted octanol–water partition coefficient (Wildman–Crippen LogP) is 13.1. The summed E-state index contributed by atoms with van der Waals surface area (Å²) < 4.78 is 6.87. The third kappa shape index (κ3) is 4.39. The van der Waals surface area contributed by atoms with Crippen LogP contribution in [0.1, 0.15) is 5.56 Å². The number of hydrogen-bond acceptors (Lipinski definition) is 1. The van der Waals surface area contributed by atoms with Crippen LogP contribution in [0.15, 0.2) is 176 Å². The molecule has 0 fully saturated rings. The van der Waals surface area contributed by atoms with Gasteiger partial charge in [0, 0.05) is 54.9 Å². The zero-order chi connectivity index (χ0) is 36.6. The molecule has 0 aliphatic carbocycles. The summed E-state index contributed by atoms with van der Waals surface area (Å²) in [5.41, 5.74) is 12.2. The lowest BCUT2D eigenvalue weighted by molar-refractivity contribution is 1.15. The van der Waals surface area contributed by atoms with Crippen molar-refractivity contribution in [1.82, 2.24) is 13.7 Å². The lowest BCUT2D eigenvalue weighted by Gasteiger charge is -2.18. The van der Waals surface area contributed by atoms with E-state index in [1.54, 1.807) is 0 Å². The molecule has 0 N–H and O–H groups in total. The number of fused-ring (bicyclic) bond motifs is 9. The lowest BCUT2D eigenvalue weighted by Crippen LogP contribution is -2.00. The molecule has 5 heteroatoms. The van der Waals surface area contributed by atoms with E-state index in [4.69, 9.17) is 6.57 Å². The van der Waals surface area contributed by atoms with Crippen molar-refractivity contribution in [2.24, 2.45) is 0 Å². The summed E-state index contributed by atoms with van der Waals surface area (Å²) >= 11 is 0. The van der Waals surface area contributed by atoms with Crippen LogP contribution in [0, 0.1) is 17.9 Å². The van der Waals surface area contributed by atoms with Crippen LogP contribution in [0.4, 0.5) is 5.69 Å². The molecule has 3 heterocycles. The van der Waals surface area contributed by atoms with Gasteiger partial charge in [-0.1, -0.05) is 115 Å². The number of benzene rings is 8. The summed E-state index contributed by atoms with van der Waals surface area (Å²) in [6, 6.07) is 63.5. The van der Waals surface area contributed by atoms with Gasteiger partial charge in [0.25, 0.3) is 0 Å². The fraction of sp³-hybridized carbons (Fsp3) is 0. The average Bonchev–Trinajstić information content (AvgIpc) is 3.89. The first-order chi connectivity index (χ1) is 27.2. The van der Waals surface area contributed by atoms with Crippen LogP contribution in [0.3, 0.4) is 0 Å². The Hall–Kier alpha value is -7.86. The minimum absolute atomic E-state index is 0.569. The molecule has 0 radical (unpaired) electrons. The molecule has 0 atom stereocenters. The highest BCUT2D eigenvalue weighted by Gasteiger charge is 2.21. The van der Waals surface area contributed by atoms with E-state index in [1.165, 1.54) is 10.8 Å². The van der Waals surface area contributed by atoms with E-state index in [9.17, 15) is 5.26 Å². The number of aromatic nitrogens is 3. The van der Waals surface area contributed by atoms with Gasteiger partial charge in [-0.05, 0) is 66.2 Å². The Morgan fingerprint density at radius 1 is 0.436 bits per heavy atom. The van der Waals surface area contributed by atoms with Crippen LogP contribution in [-0.2, 0) is 0 Å².